The van der Waals surface area contributed by atoms with Gasteiger partial charge in [0.25, 0.3) is 0 Å². The minimum Gasteiger partial charge on any atom is -0.310 e. The summed E-state index contributed by atoms with van der Waals surface area (Å²) in [5.74, 6) is 0.788. The van der Waals surface area contributed by atoms with E-state index in [4.69, 9.17) is 0 Å². The van der Waals surface area contributed by atoms with E-state index in [-0.39, 0.29) is 0 Å². The Hall–Kier alpha value is -1.60. The van der Waals surface area contributed by atoms with Crippen LogP contribution >= 0.6 is 0 Å². The third kappa shape index (κ3) is 5.73. The molecule has 0 radical (unpaired) electrons. The molecule has 1 N–H and O–H groups in total. The van der Waals surface area contributed by atoms with Crippen LogP contribution in [-0.2, 0) is 6.42 Å². The molecule has 2 aromatic carbocycles. The predicted octanol–water partition coefficient (Wildman–Crippen LogP) is 5.00. The van der Waals surface area contributed by atoms with Crippen molar-refractivity contribution in [3.05, 3.63) is 71.8 Å². The van der Waals surface area contributed by atoms with Gasteiger partial charge in [-0.2, -0.15) is 0 Å². The summed E-state index contributed by atoms with van der Waals surface area (Å²) in [6, 6.07) is 21.9. The first-order valence-electron chi connectivity index (χ1n) is 8.08. The smallest absolute Gasteiger partial charge is 0.0360 e. The SMILES string of the molecule is CC(C)CCCNC(Cc1ccccc1)c1ccccc1. The van der Waals surface area contributed by atoms with Gasteiger partial charge in [0.05, 0.1) is 0 Å². The summed E-state index contributed by atoms with van der Waals surface area (Å²) >= 11 is 0. The summed E-state index contributed by atoms with van der Waals surface area (Å²) in [6.07, 6.45) is 3.59. The van der Waals surface area contributed by atoms with Gasteiger partial charge < -0.3 is 5.32 Å². The maximum atomic E-state index is 3.74. The van der Waals surface area contributed by atoms with Gasteiger partial charge in [0.1, 0.15) is 0 Å². The molecule has 0 aromatic heterocycles. The van der Waals surface area contributed by atoms with E-state index < -0.39 is 0 Å². The Bertz CT molecular complexity index is 490. The van der Waals surface area contributed by atoms with Gasteiger partial charge in [0.2, 0.25) is 0 Å². The standard InChI is InChI=1S/C20H27N/c1-17(2)10-9-15-21-20(19-13-7-4-8-14-19)16-18-11-5-3-6-12-18/h3-8,11-14,17,20-21H,9-10,15-16H2,1-2H3. The summed E-state index contributed by atoms with van der Waals surface area (Å²) < 4.78 is 0. The van der Waals surface area contributed by atoms with Crippen molar-refractivity contribution in [2.24, 2.45) is 5.92 Å². The Labute approximate surface area is 129 Å². The lowest BCUT2D eigenvalue weighted by molar-refractivity contribution is 0.479. The lowest BCUT2D eigenvalue weighted by Gasteiger charge is -2.20. The lowest BCUT2D eigenvalue weighted by atomic mass is 9.98. The molecule has 2 aromatic rings. The Kier molecular flexibility index (Phi) is 6.49. The van der Waals surface area contributed by atoms with Crippen LogP contribution in [0.25, 0.3) is 0 Å². The fourth-order valence-electron chi connectivity index (χ4n) is 2.63. The van der Waals surface area contributed by atoms with Crippen LogP contribution in [-0.4, -0.2) is 6.54 Å². The minimum absolute atomic E-state index is 0.403. The highest BCUT2D eigenvalue weighted by Crippen LogP contribution is 2.18. The van der Waals surface area contributed by atoms with Gasteiger partial charge >= 0.3 is 0 Å². The normalized spacial score (nSPS) is 12.5. The molecular formula is C20H27N. The summed E-state index contributed by atoms with van der Waals surface area (Å²) in [5.41, 5.74) is 2.77. The molecule has 0 bridgehead atoms. The molecule has 0 saturated carbocycles. The molecule has 1 nitrogen and oxygen atoms in total. The average Bonchev–Trinajstić information content (AvgIpc) is 2.52. The molecule has 0 amide bonds. The number of nitrogens with one attached hydrogen (secondary N) is 1. The molecule has 112 valence electrons. The van der Waals surface area contributed by atoms with Gasteiger partial charge in [-0.3, -0.25) is 0 Å². The number of hydrogen-bond donors (Lipinski definition) is 1. The Morgan fingerprint density at radius 3 is 2.10 bits per heavy atom. The van der Waals surface area contributed by atoms with Gasteiger partial charge in [-0.1, -0.05) is 74.5 Å². The Balaban J connectivity index is 1.97. The molecule has 1 unspecified atom stereocenters. The third-order valence-electron chi connectivity index (χ3n) is 3.83. The van der Waals surface area contributed by atoms with Crippen LogP contribution in [0.15, 0.2) is 60.7 Å². The highest BCUT2D eigenvalue weighted by molar-refractivity contribution is 5.23. The largest absolute Gasteiger partial charge is 0.310 e. The van der Waals surface area contributed by atoms with E-state index in [2.05, 4.69) is 79.8 Å². The van der Waals surface area contributed by atoms with E-state index in [1.807, 2.05) is 0 Å². The van der Waals surface area contributed by atoms with E-state index in [0.29, 0.717) is 6.04 Å². The van der Waals surface area contributed by atoms with E-state index in [1.54, 1.807) is 0 Å². The summed E-state index contributed by atoms with van der Waals surface area (Å²) in [6.45, 7) is 5.67. The van der Waals surface area contributed by atoms with E-state index in [1.165, 1.54) is 24.0 Å². The fourth-order valence-corrected chi connectivity index (χ4v) is 2.63. The Morgan fingerprint density at radius 2 is 1.48 bits per heavy atom. The van der Waals surface area contributed by atoms with Crippen molar-refractivity contribution in [3.8, 4) is 0 Å². The van der Waals surface area contributed by atoms with Gasteiger partial charge in [-0.25, -0.2) is 0 Å². The van der Waals surface area contributed by atoms with Crippen molar-refractivity contribution in [2.75, 3.05) is 6.54 Å². The van der Waals surface area contributed by atoms with Crippen LogP contribution < -0.4 is 5.32 Å². The highest BCUT2D eigenvalue weighted by Gasteiger charge is 2.11. The zero-order valence-electron chi connectivity index (χ0n) is 13.3. The van der Waals surface area contributed by atoms with Crippen molar-refractivity contribution >= 4 is 0 Å². The second-order valence-electron chi connectivity index (χ2n) is 6.14. The van der Waals surface area contributed by atoms with Gasteiger partial charge in [-0.05, 0) is 42.9 Å². The molecule has 0 aliphatic rings. The molecule has 0 aliphatic heterocycles. The van der Waals surface area contributed by atoms with Gasteiger partial charge in [-0.15, -0.1) is 0 Å². The fraction of sp³-hybridized carbons (Fsp3) is 0.400. The molecule has 2 rings (SSSR count). The highest BCUT2D eigenvalue weighted by atomic mass is 14.9. The third-order valence-corrected chi connectivity index (χ3v) is 3.83. The molecule has 0 saturated heterocycles. The first-order valence-corrected chi connectivity index (χ1v) is 8.08. The van der Waals surface area contributed by atoms with Crippen molar-refractivity contribution in [2.45, 2.75) is 39.2 Å². The predicted molar refractivity (Wildman–Crippen MR) is 91.4 cm³/mol. The summed E-state index contributed by atoms with van der Waals surface area (Å²) in [7, 11) is 0. The van der Waals surface area contributed by atoms with E-state index in [9.17, 15) is 0 Å². The molecule has 0 fully saturated rings. The maximum Gasteiger partial charge on any atom is 0.0360 e. The monoisotopic (exact) mass is 281 g/mol. The summed E-state index contributed by atoms with van der Waals surface area (Å²) in [4.78, 5) is 0. The van der Waals surface area contributed by atoms with Crippen molar-refractivity contribution in [1.82, 2.24) is 5.32 Å². The van der Waals surface area contributed by atoms with Crippen molar-refractivity contribution in [1.29, 1.82) is 0 Å². The van der Waals surface area contributed by atoms with Crippen LogP contribution in [0, 0.1) is 5.92 Å². The Morgan fingerprint density at radius 1 is 0.857 bits per heavy atom. The van der Waals surface area contributed by atoms with Crippen molar-refractivity contribution in [3.63, 3.8) is 0 Å². The number of hydrogen-bond acceptors (Lipinski definition) is 1. The molecule has 0 heterocycles. The molecule has 1 atom stereocenters. The van der Waals surface area contributed by atoms with Crippen LogP contribution in [0.3, 0.4) is 0 Å². The zero-order chi connectivity index (χ0) is 14.9. The minimum atomic E-state index is 0.403. The first-order chi connectivity index (χ1) is 10.3. The second kappa shape index (κ2) is 8.63. The topological polar surface area (TPSA) is 12.0 Å². The summed E-state index contributed by atoms with van der Waals surface area (Å²) in [5, 5.41) is 3.74. The average molecular weight is 281 g/mol. The van der Waals surface area contributed by atoms with E-state index >= 15 is 0 Å². The van der Waals surface area contributed by atoms with Crippen LogP contribution in [0.4, 0.5) is 0 Å². The molecule has 21 heavy (non-hydrogen) atoms. The quantitative estimate of drug-likeness (QED) is 0.672. The van der Waals surface area contributed by atoms with Crippen LogP contribution in [0.1, 0.15) is 43.9 Å². The molecular weight excluding hydrogens is 254 g/mol. The van der Waals surface area contributed by atoms with Crippen molar-refractivity contribution < 1.29 is 0 Å². The zero-order valence-corrected chi connectivity index (χ0v) is 13.3. The number of rotatable bonds is 8. The molecule has 0 aliphatic carbocycles. The number of benzene rings is 2. The lowest BCUT2D eigenvalue weighted by Crippen LogP contribution is -2.24. The maximum absolute atomic E-state index is 3.74. The van der Waals surface area contributed by atoms with E-state index in [0.717, 1.165) is 18.9 Å². The van der Waals surface area contributed by atoms with Gasteiger partial charge in [0, 0.05) is 6.04 Å². The first kappa shape index (κ1) is 15.8. The molecule has 0 spiro atoms. The van der Waals surface area contributed by atoms with Gasteiger partial charge in [0.15, 0.2) is 0 Å². The second-order valence-corrected chi connectivity index (χ2v) is 6.14. The van der Waals surface area contributed by atoms with Crippen LogP contribution in [0.2, 0.25) is 0 Å². The van der Waals surface area contributed by atoms with Crippen LogP contribution in [0.5, 0.6) is 0 Å². The molecule has 1 heteroatoms.